The molecule has 0 aliphatic heterocycles. The van der Waals surface area contributed by atoms with Crippen molar-refractivity contribution in [2.45, 2.75) is 38.2 Å². The van der Waals surface area contributed by atoms with Crippen molar-refractivity contribution in [3.05, 3.63) is 48.5 Å². The summed E-state index contributed by atoms with van der Waals surface area (Å²) in [5.74, 6) is 0.708. The quantitative estimate of drug-likeness (QED) is 0.636. The lowest BCUT2D eigenvalue weighted by molar-refractivity contribution is -0.122. The highest BCUT2D eigenvalue weighted by Gasteiger charge is 2.23. The van der Waals surface area contributed by atoms with Gasteiger partial charge in [0.25, 0.3) is 5.91 Å². The van der Waals surface area contributed by atoms with Crippen molar-refractivity contribution < 1.29 is 22.7 Å². The van der Waals surface area contributed by atoms with Crippen molar-refractivity contribution in [3.8, 4) is 11.5 Å². The number of methoxy groups -OCH3 is 1. The Kier molecular flexibility index (Phi) is 8.04. The Morgan fingerprint density at radius 3 is 2.10 bits per heavy atom. The maximum atomic E-state index is 12.6. The molecule has 158 valence electrons. The Morgan fingerprint density at radius 2 is 1.59 bits per heavy atom. The van der Waals surface area contributed by atoms with Gasteiger partial charge in [0, 0.05) is 18.8 Å². The van der Waals surface area contributed by atoms with Gasteiger partial charge in [-0.15, -0.1) is 0 Å². The van der Waals surface area contributed by atoms with Crippen LogP contribution in [0.3, 0.4) is 0 Å². The van der Waals surface area contributed by atoms with Gasteiger partial charge in [-0.25, -0.2) is 8.42 Å². The van der Waals surface area contributed by atoms with Gasteiger partial charge in [-0.2, -0.15) is 4.31 Å². The van der Waals surface area contributed by atoms with E-state index >= 15 is 0 Å². The van der Waals surface area contributed by atoms with Crippen molar-refractivity contribution >= 4 is 21.6 Å². The molecule has 0 bridgehead atoms. The molecule has 0 aromatic heterocycles. The lowest BCUT2D eigenvalue weighted by Crippen LogP contribution is -2.32. The number of para-hydroxylation sites is 2. The van der Waals surface area contributed by atoms with E-state index in [9.17, 15) is 13.2 Å². The number of carbonyl (C=O) groups excluding carboxylic acids is 1. The summed E-state index contributed by atoms with van der Waals surface area (Å²) >= 11 is 0. The molecular weight excluding hydrogens is 392 g/mol. The van der Waals surface area contributed by atoms with Crippen LogP contribution >= 0.6 is 0 Å². The molecular formula is C21H28N2O5S. The summed E-state index contributed by atoms with van der Waals surface area (Å²) in [6.07, 6.45) is -0.261. The number of hydrogen-bond acceptors (Lipinski definition) is 5. The highest BCUT2D eigenvalue weighted by molar-refractivity contribution is 7.89. The minimum absolute atomic E-state index is 0.191. The summed E-state index contributed by atoms with van der Waals surface area (Å²) in [7, 11) is -2.00. The molecule has 1 amide bonds. The third kappa shape index (κ3) is 5.48. The second kappa shape index (κ2) is 10.3. The molecule has 1 N–H and O–H groups in total. The molecule has 0 radical (unpaired) electrons. The van der Waals surface area contributed by atoms with Crippen LogP contribution in [-0.4, -0.2) is 44.9 Å². The van der Waals surface area contributed by atoms with Crippen molar-refractivity contribution in [2.24, 2.45) is 0 Å². The van der Waals surface area contributed by atoms with Crippen molar-refractivity contribution in [2.75, 3.05) is 25.5 Å². The summed E-state index contributed by atoms with van der Waals surface area (Å²) < 4.78 is 37.6. The first-order valence-electron chi connectivity index (χ1n) is 9.58. The van der Waals surface area contributed by atoms with Gasteiger partial charge in [-0.05, 0) is 42.8 Å². The van der Waals surface area contributed by atoms with Crippen LogP contribution in [0.1, 0.15) is 27.2 Å². The van der Waals surface area contributed by atoms with Crippen LogP contribution in [-0.2, 0) is 14.8 Å². The number of sulfonamides is 1. The fourth-order valence-electron chi connectivity index (χ4n) is 2.84. The van der Waals surface area contributed by atoms with Crippen LogP contribution in [0.15, 0.2) is 53.4 Å². The Bertz CT molecular complexity index is 909. The lowest BCUT2D eigenvalue weighted by Gasteiger charge is -2.20. The largest absolute Gasteiger partial charge is 0.493 e. The van der Waals surface area contributed by atoms with E-state index < -0.39 is 16.1 Å². The van der Waals surface area contributed by atoms with Gasteiger partial charge in [0.05, 0.1) is 12.0 Å². The summed E-state index contributed by atoms with van der Waals surface area (Å²) in [5.41, 5.74) is 0.496. The zero-order valence-corrected chi connectivity index (χ0v) is 18.0. The Balaban J connectivity index is 2.11. The maximum absolute atomic E-state index is 12.6. The van der Waals surface area contributed by atoms with Gasteiger partial charge in [0.15, 0.2) is 17.6 Å². The first kappa shape index (κ1) is 22.7. The Hall–Kier alpha value is -2.58. The number of amides is 1. The highest BCUT2D eigenvalue weighted by Crippen LogP contribution is 2.27. The van der Waals surface area contributed by atoms with Crippen LogP contribution in [0.4, 0.5) is 5.69 Å². The molecule has 1 atom stereocenters. The molecule has 0 saturated carbocycles. The molecule has 0 aliphatic carbocycles. The van der Waals surface area contributed by atoms with Crippen LogP contribution in [0.25, 0.3) is 0 Å². The Morgan fingerprint density at radius 1 is 1.00 bits per heavy atom. The van der Waals surface area contributed by atoms with E-state index in [0.29, 0.717) is 36.7 Å². The van der Waals surface area contributed by atoms with Gasteiger partial charge < -0.3 is 14.8 Å². The topological polar surface area (TPSA) is 84.9 Å². The van der Waals surface area contributed by atoms with Gasteiger partial charge >= 0.3 is 0 Å². The number of benzene rings is 2. The average molecular weight is 421 g/mol. The molecule has 7 nitrogen and oxygen atoms in total. The van der Waals surface area contributed by atoms with Crippen molar-refractivity contribution in [1.82, 2.24) is 4.31 Å². The lowest BCUT2D eigenvalue weighted by atomic mass is 10.2. The summed E-state index contributed by atoms with van der Waals surface area (Å²) in [6.45, 7) is 6.23. The fraction of sp³-hybridized carbons (Fsp3) is 0.381. The molecule has 0 heterocycles. The van der Waals surface area contributed by atoms with Gasteiger partial charge in [-0.3, -0.25) is 4.79 Å². The van der Waals surface area contributed by atoms with Crippen LogP contribution in [0, 0.1) is 0 Å². The van der Waals surface area contributed by atoms with E-state index in [4.69, 9.17) is 9.47 Å². The molecule has 0 unspecified atom stereocenters. The third-order valence-electron chi connectivity index (χ3n) is 4.47. The summed E-state index contributed by atoms with van der Waals surface area (Å²) in [4.78, 5) is 12.8. The SMILES string of the molecule is CC[C@@H](Oc1ccccc1OC)C(=O)Nc1ccc(S(=O)(=O)N(CC)CC)cc1. The molecule has 8 heteroatoms. The van der Waals surface area contributed by atoms with E-state index in [1.807, 2.05) is 13.0 Å². The number of hydrogen-bond donors (Lipinski definition) is 1. The predicted octanol–water partition coefficient (Wildman–Crippen LogP) is 3.52. The second-order valence-electron chi connectivity index (χ2n) is 6.27. The zero-order valence-electron chi connectivity index (χ0n) is 17.2. The predicted molar refractivity (Wildman–Crippen MR) is 113 cm³/mol. The standard InChI is InChI=1S/C21H28N2O5S/c1-5-18(28-20-11-9-8-10-19(20)27-4)21(24)22-16-12-14-17(15-13-16)29(25,26)23(6-2)7-3/h8-15,18H,5-7H2,1-4H3,(H,22,24)/t18-/m1/s1. The number of ether oxygens (including phenoxy) is 2. The first-order valence-corrected chi connectivity index (χ1v) is 11.0. The number of carbonyl (C=O) groups is 1. The number of nitrogens with one attached hydrogen (secondary N) is 1. The number of rotatable bonds is 10. The number of anilines is 1. The van der Waals surface area contributed by atoms with E-state index in [0.717, 1.165) is 0 Å². The fourth-order valence-corrected chi connectivity index (χ4v) is 4.30. The minimum Gasteiger partial charge on any atom is -0.493 e. The van der Waals surface area contributed by atoms with E-state index in [1.54, 1.807) is 44.2 Å². The van der Waals surface area contributed by atoms with Crippen LogP contribution < -0.4 is 14.8 Å². The second-order valence-corrected chi connectivity index (χ2v) is 8.21. The summed E-state index contributed by atoms with van der Waals surface area (Å²) in [6, 6.07) is 13.2. The smallest absolute Gasteiger partial charge is 0.265 e. The van der Waals surface area contributed by atoms with Gasteiger partial charge in [0.2, 0.25) is 10.0 Å². The molecule has 0 aliphatic rings. The highest BCUT2D eigenvalue weighted by atomic mass is 32.2. The van der Waals surface area contributed by atoms with Gasteiger partial charge in [-0.1, -0.05) is 32.9 Å². The average Bonchev–Trinajstić information content (AvgIpc) is 2.73. The van der Waals surface area contributed by atoms with Gasteiger partial charge in [0.1, 0.15) is 0 Å². The zero-order chi connectivity index (χ0) is 21.4. The third-order valence-corrected chi connectivity index (χ3v) is 6.53. The number of nitrogens with zero attached hydrogens (tertiary/aromatic N) is 1. The molecule has 29 heavy (non-hydrogen) atoms. The van der Waals surface area contributed by atoms with Crippen molar-refractivity contribution in [1.29, 1.82) is 0 Å². The molecule has 0 spiro atoms. The van der Waals surface area contributed by atoms with E-state index in [1.165, 1.54) is 23.5 Å². The first-order chi connectivity index (χ1) is 13.9. The monoisotopic (exact) mass is 420 g/mol. The van der Waals surface area contributed by atoms with Crippen LogP contribution in [0.5, 0.6) is 11.5 Å². The molecule has 2 aromatic carbocycles. The maximum Gasteiger partial charge on any atom is 0.265 e. The molecule has 2 aromatic rings. The summed E-state index contributed by atoms with van der Waals surface area (Å²) in [5, 5.41) is 2.77. The minimum atomic E-state index is -3.53. The van der Waals surface area contributed by atoms with Crippen molar-refractivity contribution in [3.63, 3.8) is 0 Å². The molecule has 0 fully saturated rings. The Labute approximate surface area is 172 Å². The van der Waals surface area contributed by atoms with E-state index in [-0.39, 0.29) is 10.8 Å². The van der Waals surface area contributed by atoms with Crippen LogP contribution in [0.2, 0.25) is 0 Å². The molecule has 0 saturated heterocycles. The normalized spacial score (nSPS) is 12.4. The van der Waals surface area contributed by atoms with E-state index in [2.05, 4.69) is 5.32 Å². The molecule has 2 rings (SSSR count).